The Kier molecular flexibility index (Phi) is 3.87. The number of hydrazine groups is 1. The Hall–Kier alpha value is -1.22. The molecule has 3 unspecified atom stereocenters. The smallest absolute Gasteiger partial charge is 0.218 e. The van der Waals surface area contributed by atoms with Crippen LogP contribution < -0.4 is 10.9 Å². The highest BCUT2D eigenvalue weighted by atomic mass is 32.2. The summed E-state index contributed by atoms with van der Waals surface area (Å²) in [6.45, 7) is 0.433. The molecule has 1 aliphatic heterocycles. The van der Waals surface area contributed by atoms with Crippen molar-refractivity contribution in [1.29, 1.82) is 0 Å². The maximum atomic E-state index is 12.6. The van der Waals surface area contributed by atoms with Gasteiger partial charge in [0.25, 0.3) is 0 Å². The first-order chi connectivity index (χ1) is 10.1. The van der Waals surface area contributed by atoms with E-state index in [1.54, 1.807) is 25.4 Å². The van der Waals surface area contributed by atoms with Gasteiger partial charge in [0, 0.05) is 25.4 Å². The van der Waals surface area contributed by atoms with E-state index in [1.807, 2.05) is 0 Å². The van der Waals surface area contributed by atoms with Crippen LogP contribution in [-0.2, 0) is 15.8 Å². The Labute approximate surface area is 124 Å². The molecule has 0 aromatic carbocycles. The Morgan fingerprint density at radius 2 is 2.33 bits per heavy atom. The van der Waals surface area contributed by atoms with Gasteiger partial charge in [0.1, 0.15) is 5.82 Å². The average Bonchev–Trinajstić information content (AvgIpc) is 3.12. The first kappa shape index (κ1) is 14.7. The van der Waals surface area contributed by atoms with Gasteiger partial charge in [-0.25, -0.2) is 18.8 Å². The summed E-state index contributed by atoms with van der Waals surface area (Å²) in [5, 5.41) is 9.46. The van der Waals surface area contributed by atoms with Crippen molar-refractivity contribution in [1.82, 2.24) is 14.7 Å². The van der Waals surface area contributed by atoms with Crippen LogP contribution >= 0.6 is 0 Å². The van der Waals surface area contributed by atoms with Crippen LogP contribution in [0.25, 0.3) is 0 Å². The Morgan fingerprint density at radius 3 is 3.05 bits per heavy atom. The normalized spacial score (nSPS) is 28.4. The number of aromatic nitrogens is 1. The number of hydrogen-bond donors (Lipinski definition) is 3. The van der Waals surface area contributed by atoms with Gasteiger partial charge in [-0.1, -0.05) is 6.07 Å². The molecular weight excluding hydrogens is 292 g/mol. The Bertz CT molecular complexity index is 622. The molecule has 0 radical (unpaired) electrons. The van der Waals surface area contributed by atoms with Gasteiger partial charge in [-0.05, 0) is 24.3 Å². The number of rotatable bonds is 6. The van der Waals surface area contributed by atoms with Gasteiger partial charge in [-0.3, -0.25) is 0 Å². The van der Waals surface area contributed by atoms with Crippen LogP contribution in [0.3, 0.4) is 0 Å². The number of fused-ring (bicyclic) bond motifs is 1. The molecule has 2 heterocycles. The van der Waals surface area contributed by atoms with Crippen LogP contribution in [0.5, 0.6) is 0 Å². The third kappa shape index (κ3) is 2.76. The zero-order valence-electron chi connectivity index (χ0n) is 11.9. The highest BCUT2D eigenvalue weighted by Crippen LogP contribution is 2.50. The number of nitrogens with zero attached hydrogens (tertiary/aromatic N) is 2. The van der Waals surface area contributed by atoms with E-state index < -0.39 is 10.0 Å². The first-order valence-electron chi connectivity index (χ1n) is 7.04. The highest BCUT2D eigenvalue weighted by molar-refractivity contribution is 7.88. The van der Waals surface area contributed by atoms with E-state index in [1.165, 1.54) is 4.31 Å². The molecule has 2 fully saturated rings. The quantitative estimate of drug-likeness (QED) is 0.628. The number of nitrogens with one attached hydrogen (secondary N) is 2. The molecular formula is C13H20N4O3S. The Morgan fingerprint density at radius 1 is 1.52 bits per heavy atom. The van der Waals surface area contributed by atoms with Crippen molar-refractivity contribution in [2.24, 2.45) is 11.8 Å². The van der Waals surface area contributed by atoms with Crippen LogP contribution in [0.4, 0.5) is 5.82 Å². The minimum absolute atomic E-state index is 0.102. The Balaban J connectivity index is 1.80. The van der Waals surface area contributed by atoms with Crippen LogP contribution in [-0.4, -0.2) is 49.1 Å². The number of pyridine rings is 1. The summed E-state index contributed by atoms with van der Waals surface area (Å²) in [4.78, 5) is 4.14. The van der Waals surface area contributed by atoms with Crippen molar-refractivity contribution in [3.8, 4) is 0 Å². The topological polar surface area (TPSA) is 94.6 Å². The van der Waals surface area contributed by atoms with E-state index in [4.69, 9.17) is 0 Å². The molecule has 0 bridgehead atoms. The van der Waals surface area contributed by atoms with Gasteiger partial charge in [-0.15, -0.1) is 0 Å². The molecule has 7 nitrogen and oxygen atoms in total. The van der Waals surface area contributed by atoms with Crippen LogP contribution in [0.15, 0.2) is 18.3 Å². The number of hydrogen-bond acceptors (Lipinski definition) is 6. The third-order valence-corrected chi connectivity index (χ3v) is 6.08. The second kappa shape index (κ2) is 5.53. The second-order valence-corrected chi connectivity index (χ2v) is 7.54. The lowest BCUT2D eigenvalue weighted by molar-refractivity contribution is 0.195. The van der Waals surface area contributed by atoms with Crippen LogP contribution in [0.2, 0.25) is 0 Å². The molecule has 1 saturated heterocycles. The van der Waals surface area contributed by atoms with Crippen molar-refractivity contribution >= 4 is 15.8 Å². The summed E-state index contributed by atoms with van der Waals surface area (Å²) in [6.07, 6.45) is 2.65. The number of anilines is 1. The largest absolute Gasteiger partial charge is 0.395 e. The lowest BCUT2D eigenvalue weighted by atomic mass is 10.2. The van der Waals surface area contributed by atoms with E-state index in [-0.39, 0.29) is 18.4 Å². The standard InChI is InChI=1S/C13H20N4O3S/c1-14-16-13-9(3-2-4-15-13)8-21(19,20)17-6-10-5-11(10)12(17)7-18/h2-4,10-12,14,18H,5-8H2,1H3,(H,15,16). The van der Waals surface area contributed by atoms with E-state index in [0.29, 0.717) is 29.8 Å². The number of piperidine rings is 1. The minimum Gasteiger partial charge on any atom is -0.395 e. The molecule has 1 aromatic rings. The maximum Gasteiger partial charge on any atom is 0.218 e. The monoisotopic (exact) mass is 312 g/mol. The fraction of sp³-hybridized carbons (Fsp3) is 0.615. The lowest BCUT2D eigenvalue weighted by Gasteiger charge is -2.25. The van der Waals surface area contributed by atoms with Crippen molar-refractivity contribution in [2.45, 2.75) is 18.2 Å². The van der Waals surface area contributed by atoms with Gasteiger partial charge in [0.15, 0.2) is 0 Å². The predicted octanol–water partition coefficient (Wildman–Crippen LogP) is -0.230. The molecule has 1 saturated carbocycles. The van der Waals surface area contributed by atoms with E-state index in [0.717, 1.165) is 6.42 Å². The average molecular weight is 312 g/mol. The van der Waals surface area contributed by atoms with E-state index >= 15 is 0 Å². The van der Waals surface area contributed by atoms with Gasteiger partial charge in [-0.2, -0.15) is 4.31 Å². The fourth-order valence-corrected chi connectivity index (χ4v) is 4.99. The molecule has 1 aliphatic carbocycles. The summed E-state index contributed by atoms with van der Waals surface area (Å²) in [6, 6.07) is 3.21. The minimum atomic E-state index is -3.45. The zero-order chi connectivity index (χ0) is 15.0. The van der Waals surface area contributed by atoms with Crippen molar-refractivity contribution in [2.75, 3.05) is 25.6 Å². The van der Waals surface area contributed by atoms with E-state index in [9.17, 15) is 13.5 Å². The summed E-state index contributed by atoms with van der Waals surface area (Å²) in [7, 11) is -1.75. The fourth-order valence-electron chi connectivity index (χ4n) is 3.14. The van der Waals surface area contributed by atoms with Crippen molar-refractivity contribution in [3.63, 3.8) is 0 Å². The molecule has 1 aromatic heterocycles. The number of aliphatic hydroxyl groups is 1. The van der Waals surface area contributed by atoms with Crippen LogP contribution in [0, 0.1) is 11.8 Å². The number of aliphatic hydroxyl groups excluding tert-OH is 1. The SMILES string of the molecule is CNNc1ncccc1CS(=O)(=O)N1CC2CC2C1CO. The molecule has 0 spiro atoms. The molecule has 2 aliphatic rings. The molecule has 0 amide bonds. The molecule has 21 heavy (non-hydrogen) atoms. The summed E-state index contributed by atoms with van der Waals surface area (Å²) in [5.74, 6) is 1.17. The summed E-state index contributed by atoms with van der Waals surface area (Å²) in [5.41, 5.74) is 6.21. The number of sulfonamides is 1. The first-order valence-corrected chi connectivity index (χ1v) is 8.64. The van der Waals surface area contributed by atoms with Gasteiger partial charge in [0.2, 0.25) is 10.0 Å². The zero-order valence-corrected chi connectivity index (χ0v) is 12.7. The molecule has 3 atom stereocenters. The van der Waals surface area contributed by atoms with Crippen molar-refractivity contribution in [3.05, 3.63) is 23.9 Å². The molecule has 3 N–H and O–H groups in total. The third-order valence-electron chi connectivity index (χ3n) is 4.27. The maximum absolute atomic E-state index is 12.6. The molecule has 8 heteroatoms. The lowest BCUT2D eigenvalue weighted by Crippen LogP contribution is -2.41. The summed E-state index contributed by atoms with van der Waals surface area (Å²) >= 11 is 0. The van der Waals surface area contributed by atoms with Gasteiger partial charge < -0.3 is 10.5 Å². The van der Waals surface area contributed by atoms with Gasteiger partial charge >= 0.3 is 0 Å². The second-order valence-electron chi connectivity index (χ2n) is 5.62. The summed E-state index contributed by atoms with van der Waals surface area (Å²) < 4.78 is 26.7. The highest BCUT2D eigenvalue weighted by Gasteiger charge is 2.55. The van der Waals surface area contributed by atoms with Gasteiger partial charge in [0.05, 0.1) is 18.4 Å². The molecule has 116 valence electrons. The van der Waals surface area contributed by atoms with Crippen LogP contribution in [0.1, 0.15) is 12.0 Å². The molecule has 3 rings (SSSR count). The predicted molar refractivity (Wildman–Crippen MR) is 78.7 cm³/mol. The van der Waals surface area contributed by atoms with E-state index in [2.05, 4.69) is 15.8 Å². The van der Waals surface area contributed by atoms with Crippen molar-refractivity contribution < 1.29 is 13.5 Å².